The number of hydrogen-bond donors (Lipinski definition) is 3. The van der Waals surface area contributed by atoms with Crippen LogP contribution in [0.15, 0.2) is 0 Å². The second kappa shape index (κ2) is 3.77. The summed E-state index contributed by atoms with van der Waals surface area (Å²) in [5.41, 5.74) is -0.227. The van der Waals surface area contributed by atoms with E-state index in [0.717, 1.165) is 12.8 Å². The molecule has 0 bridgehead atoms. The molecule has 0 aromatic rings. The molecule has 1 aliphatic carbocycles. The first-order valence-electron chi connectivity index (χ1n) is 5.04. The number of rotatable bonds is 3. The SMILES string of the molecule is CC(C)(C)NC(=O)NCC1(CO)CC1. The van der Waals surface area contributed by atoms with Gasteiger partial charge in [-0.2, -0.15) is 0 Å². The topological polar surface area (TPSA) is 61.4 Å². The molecular weight excluding hydrogens is 180 g/mol. The summed E-state index contributed by atoms with van der Waals surface area (Å²) in [5.74, 6) is 0. The van der Waals surface area contributed by atoms with E-state index in [0.29, 0.717) is 6.54 Å². The van der Waals surface area contributed by atoms with Gasteiger partial charge in [-0.05, 0) is 33.6 Å². The Morgan fingerprint density at radius 2 is 2.00 bits per heavy atom. The summed E-state index contributed by atoms with van der Waals surface area (Å²) in [7, 11) is 0. The van der Waals surface area contributed by atoms with Crippen LogP contribution in [0.2, 0.25) is 0 Å². The lowest BCUT2D eigenvalue weighted by atomic mass is 10.1. The molecule has 4 heteroatoms. The third kappa shape index (κ3) is 3.54. The molecule has 14 heavy (non-hydrogen) atoms. The van der Waals surface area contributed by atoms with Gasteiger partial charge in [0.05, 0.1) is 6.61 Å². The largest absolute Gasteiger partial charge is 0.396 e. The zero-order valence-corrected chi connectivity index (χ0v) is 9.18. The Balaban J connectivity index is 2.22. The molecule has 0 heterocycles. The van der Waals surface area contributed by atoms with Gasteiger partial charge in [0, 0.05) is 17.5 Å². The summed E-state index contributed by atoms with van der Waals surface area (Å²) in [4.78, 5) is 11.3. The molecule has 0 saturated heterocycles. The molecule has 2 amide bonds. The Bertz CT molecular complexity index is 217. The highest BCUT2D eigenvalue weighted by Crippen LogP contribution is 2.44. The maximum Gasteiger partial charge on any atom is 0.315 e. The second-order valence-electron chi connectivity index (χ2n) is 5.22. The average molecular weight is 200 g/mol. The summed E-state index contributed by atoms with van der Waals surface area (Å²) < 4.78 is 0. The normalized spacial score (nSPS) is 18.9. The number of hydrogen-bond acceptors (Lipinski definition) is 2. The quantitative estimate of drug-likeness (QED) is 0.632. The van der Waals surface area contributed by atoms with Crippen molar-refractivity contribution in [1.29, 1.82) is 0 Å². The van der Waals surface area contributed by atoms with Crippen LogP contribution >= 0.6 is 0 Å². The summed E-state index contributed by atoms with van der Waals surface area (Å²) in [6.45, 7) is 6.55. The smallest absolute Gasteiger partial charge is 0.315 e. The summed E-state index contributed by atoms with van der Waals surface area (Å²) in [6.07, 6.45) is 2.03. The number of carbonyl (C=O) groups excluding carboxylic acids is 1. The van der Waals surface area contributed by atoms with E-state index in [2.05, 4.69) is 10.6 Å². The molecule has 1 fully saturated rings. The fourth-order valence-electron chi connectivity index (χ4n) is 1.22. The van der Waals surface area contributed by atoms with Gasteiger partial charge >= 0.3 is 6.03 Å². The highest BCUT2D eigenvalue weighted by molar-refractivity contribution is 5.74. The lowest BCUT2D eigenvalue weighted by Gasteiger charge is -2.22. The summed E-state index contributed by atoms with van der Waals surface area (Å²) in [6, 6.07) is -0.155. The molecule has 0 aromatic carbocycles. The van der Waals surface area contributed by atoms with E-state index >= 15 is 0 Å². The third-order valence-corrected chi connectivity index (χ3v) is 2.40. The lowest BCUT2D eigenvalue weighted by Crippen LogP contribution is -2.48. The van der Waals surface area contributed by atoms with Crippen molar-refractivity contribution >= 4 is 6.03 Å². The summed E-state index contributed by atoms with van der Waals surface area (Å²) >= 11 is 0. The Labute approximate surface area is 85.1 Å². The first kappa shape index (κ1) is 11.3. The fraction of sp³-hybridized carbons (Fsp3) is 0.900. The van der Waals surface area contributed by atoms with Gasteiger partial charge in [0.15, 0.2) is 0 Å². The van der Waals surface area contributed by atoms with Crippen LogP contribution < -0.4 is 10.6 Å². The molecule has 0 unspecified atom stereocenters. The maximum absolute atomic E-state index is 11.3. The van der Waals surface area contributed by atoms with Gasteiger partial charge in [0.2, 0.25) is 0 Å². The van der Waals surface area contributed by atoms with E-state index in [1.807, 2.05) is 20.8 Å². The number of carbonyl (C=O) groups is 1. The third-order valence-electron chi connectivity index (χ3n) is 2.40. The molecule has 4 nitrogen and oxygen atoms in total. The van der Waals surface area contributed by atoms with E-state index in [4.69, 9.17) is 5.11 Å². The highest BCUT2D eigenvalue weighted by atomic mass is 16.3. The van der Waals surface area contributed by atoms with Gasteiger partial charge in [0.1, 0.15) is 0 Å². The minimum Gasteiger partial charge on any atom is -0.396 e. The molecule has 0 aliphatic heterocycles. The molecule has 0 spiro atoms. The van der Waals surface area contributed by atoms with E-state index in [9.17, 15) is 4.79 Å². The van der Waals surface area contributed by atoms with Crippen molar-refractivity contribution in [3.8, 4) is 0 Å². The van der Waals surface area contributed by atoms with Crippen LogP contribution in [0.4, 0.5) is 4.79 Å². The lowest BCUT2D eigenvalue weighted by molar-refractivity contribution is 0.200. The summed E-state index contributed by atoms with van der Waals surface area (Å²) in [5, 5.41) is 14.6. The van der Waals surface area contributed by atoms with Crippen molar-refractivity contribution in [2.24, 2.45) is 5.41 Å². The molecule has 0 aromatic heterocycles. The molecular formula is C10H20N2O2. The highest BCUT2D eigenvalue weighted by Gasteiger charge is 2.42. The van der Waals surface area contributed by atoms with E-state index in [-0.39, 0.29) is 23.6 Å². The minimum absolute atomic E-state index is 0.0186. The van der Waals surface area contributed by atoms with Gasteiger partial charge in [-0.3, -0.25) is 0 Å². The van der Waals surface area contributed by atoms with Crippen LogP contribution in [0.5, 0.6) is 0 Å². The molecule has 3 N–H and O–H groups in total. The number of nitrogens with one attached hydrogen (secondary N) is 2. The first-order chi connectivity index (χ1) is 6.37. The van der Waals surface area contributed by atoms with Gasteiger partial charge in [-0.25, -0.2) is 4.79 Å². The number of amides is 2. The minimum atomic E-state index is -0.208. The fourth-order valence-corrected chi connectivity index (χ4v) is 1.22. The van der Waals surface area contributed by atoms with Crippen LogP contribution in [0, 0.1) is 5.41 Å². The van der Waals surface area contributed by atoms with Crippen molar-refractivity contribution < 1.29 is 9.90 Å². The molecule has 1 aliphatic rings. The van der Waals surface area contributed by atoms with Crippen LogP contribution in [0.25, 0.3) is 0 Å². The zero-order valence-electron chi connectivity index (χ0n) is 9.18. The molecule has 1 saturated carbocycles. The second-order valence-corrected chi connectivity index (χ2v) is 5.22. The van der Waals surface area contributed by atoms with Crippen molar-refractivity contribution in [1.82, 2.24) is 10.6 Å². The molecule has 0 radical (unpaired) electrons. The van der Waals surface area contributed by atoms with Crippen molar-refractivity contribution in [2.45, 2.75) is 39.2 Å². The monoisotopic (exact) mass is 200 g/mol. The van der Waals surface area contributed by atoms with Crippen molar-refractivity contribution in [3.05, 3.63) is 0 Å². The van der Waals surface area contributed by atoms with Crippen LogP contribution in [0.3, 0.4) is 0 Å². The van der Waals surface area contributed by atoms with E-state index < -0.39 is 0 Å². The van der Waals surface area contributed by atoms with Crippen LogP contribution in [-0.2, 0) is 0 Å². The number of aliphatic hydroxyl groups is 1. The van der Waals surface area contributed by atoms with Crippen molar-refractivity contribution in [2.75, 3.05) is 13.2 Å². The predicted octanol–water partition coefficient (Wildman–Crippen LogP) is 0.857. The maximum atomic E-state index is 11.3. The Morgan fingerprint density at radius 1 is 1.43 bits per heavy atom. The standard InChI is InChI=1S/C10H20N2O2/c1-9(2,3)12-8(14)11-6-10(7-13)4-5-10/h13H,4-7H2,1-3H3,(H2,11,12,14). The van der Waals surface area contributed by atoms with Crippen LogP contribution in [-0.4, -0.2) is 29.8 Å². The van der Waals surface area contributed by atoms with E-state index in [1.54, 1.807) is 0 Å². The van der Waals surface area contributed by atoms with Gasteiger partial charge in [0.25, 0.3) is 0 Å². The van der Waals surface area contributed by atoms with Gasteiger partial charge in [-0.1, -0.05) is 0 Å². The Morgan fingerprint density at radius 3 is 2.36 bits per heavy atom. The Hall–Kier alpha value is -0.770. The van der Waals surface area contributed by atoms with Crippen molar-refractivity contribution in [3.63, 3.8) is 0 Å². The van der Waals surface area contributed by atoms with E-state index in [1.165, 1.54) is 0 Å². The number of aliphatic hydroxyl groups excluding tert-OH is 1. The molecule has 0 atom stereocenters. The predicted molar refractivity (Wildman–Crippen MR) is 55.0 cm³/mol. The first-order valence-corrected chi connectivity index (χ1v) is 5.04. The molecule has 82 valence electrons. The Kier molecular flexibility index (Phi) is 3.04. The average Bonchev–Trinajstić information content (AvgIpc) is 2.78. The van der Waals surface area contributed by atoms with Crippen LogP contribution in [0.1, 0.15) is 33.6 Å². The zero-order chi connectivity index (χ0) is 10.8. The molecule has 1 rings (SSSR count). The van der Waals surface area contributed by atoms with Gasteiger partial charge in [-0.15, -0.1) is 0 Å². The number of urea groups is 1. The van der Waals surface area contributed by atoms with Gasteiger partial charge < -0.3 is 15.7 Å².